The fraction of sp³-hybridized carbons (Fsp3) is 0.456. The smallest absolute Gasteiger partial charge is 0.416 e. The number of hydrogen-bond acceptors (Lipinski definition) is 17. The minimum atomic E-state index is -1.47. The maximum atomic E-state index is 14.5. The molecule has 1 unspecified atom stereocenters. The lowest BCUT2D eigenvalue weighted by molar-refractivity contribution is -0.128. The van der Waals surface area contributed by atoms with E-state index in [9.17, 15) is 38.7 Å². The van der Waals surface area contributed by atoms with Crippen LogP contribution in [0.1, 0.15) is 97.6 Å². The number of methoxy groups -OCH3 is 2. The summed E-state index contributed by atoms with van der Waals surface area (Å²) in [6.45, 7) is 16.9. The van der Waals surface area contributed by atoms with Crippen LogP contribution in [0.3, 0.4) is 0 Å². The maximum absolute atomic E-state index is 14.5. The summed E-state index contributed by atoms with van der Waals surface area (Å²) < 4.78 is 40.6. The fourth-order valence-corrected chi connectivity index (χ4v) is 12.3. The quantitative estimate of drug-likeness (QED) is 0.0292. The zero-order valence-electron chi connectivity index (χ0n) is 53.1. The maximum Gasteiger partial charge on any atom is 0.416 e. The average Bonchev–Trinajstić information content (AvgIpc) is 1.57. The lowest BCUT2D eigenvalue weighted by atomic mass is 10.0. The van der Waals surface area contributed by atoms with E-state index in [2.05, 4.69) is 70.2 Å². The number of aliphatic hydroxyl groups excluding tert-OH is 1. The largest absolute Gasteiger partial charge is 0.493 e. The van der Waals surface area contributed by atoms with Crippen LogP contribution in [0.15, 0.2) is 104 Å². The van der Waals surface area contributed by atoms with Gasteiger partial charge in [-0.2, -0.15) is 0 Å². The molecule has 5 heterocycles. The molecule has 0 aromatic heterocycles. The number of anilines is 4. The minimum Gasteiger partial charge on any atom is -0.493 e. The van der Waals surface area contributed by atoms with Crippen LogP contribution in [0.5, 0.6) is 23.0 Å². The number of ether oxygens (including phenoxy) is 7. The molecule has 3 fully saturated rings. The molecular formula is C68H83N9O15. The van der Waals surface area contributed by atoms with E-state index in [1.807, 2.05) is 6.20 Å². The molecule has 1 aliphatic carbocycles. The van der Waals surface area contributed by atoms with E-state index >= 15 is 0 Å². The van der Waals surface area contributed by atoms with E-state index in [1.165, 1.54) is 50.3 Å². The van der Waals surface area contributed by atoms with Crippen molar-refractivity contribution in [2.24, 2.45) is 11.3 Å². The molecule has 5 aliphatic heterocycles. The molecule has 490 valence electrons. The predicted molar refractivity (Wildman–Crippen MR) is 344 cm³/mol. The predicted octanol–water partition coefficient (Wildman–Crippen LogP) is 8.33. The summed E-state index contributed by atoms with van der Waals surface area (Å²) in [6, 6.07) is 18.2. The molecule has 24 nitrogen and oxygen atoms in total. The van der Waals surface area contributed by atoms with Gasteiger partial charge in [0, 0.05) is 62.4 Å². The first-order chi connectivity index (χ1) is 44.3. The number of hydrogen-bond donors (Lipinski definition) is 4. The third-order valence-electron chi connectivity index (χ3n) is 17.8. The number of fused-ring (bicyclic) bond motifs is 4. The molecule has 7 amide bonds. The van der Waals surface area contributed by atoms with Gasteiger partial charge in [-0.15, -0.1) is 0 Å². The normalized spacial score (nSPS) is 19.4. The summed E-state index contributed by atoms with van der Waals surface area (Å²) in [5.41, 5.74) is 4.77. The molecule has 92 heavy (non-hydrogen) atoms. The number of carbonyl (C=O) groups is 7. The van der Waals surface area contributed by atoms with E-state index in [0.29, 0.717) is 67.1 Å². The van der Waals surface area contributed by atoms with Crippen molar-refractivity contribution in [1.82, 2.24) is 25.3 Å². The molecule has 4 aromatic rings. The number of rotatable bonds is 24. The molecule has 0 radical (unpaired) electrons. The second-order valence-corrected chi connectivity index (χ2v) is 24.5. The summed E-state index contributed by atoms with van der Waals surface area (Å²) in [7, 11) is 5.08. The summed E-state index contributed by atoms with van der Waals surface area (Å²) >= 11 is 0. The number of alkyl carbamates (subject to hydrolysis) is 1. The van der Waals surface area contributed by atoms with Crippen molar-refractivity contribution in [2.45, 2.75) is 103 Å². The molecule has 2 saturated heterocycles. The number of amides is 7. The number of benzene rings is 4. The third-order valence-corrected chi connectivity index (χ3v) is 17.8. The Morgan fingerprint density at radius 2 is 1.36 bits per heavy atom. The average molecular weight is 1270 g/mol. The van der Waals surface area contributed by atoms with Gasteiger partial charge in [-0.05, 0) is 123 Å². The Morgan fingerprint density at radius 1 is 0.728 bits per heavy atom. The summed E-state index contributed by atoms with van der Waals surface area (Å²) in [6.07, 6.45) is 5.56. The number of likely N-dealkylation sites (N-methyl/N-ethyl adjacent to an activating group) is 1. The monoisotopic (exact) mass is 1270 g/mol. The Bertz CT molecular complexity index is 3460. The Balaban J connectivity index is 0.766. The zero-order valence-corrected chi connectivity index (χ0v) is 53.1. The van der Waals surface area contributed by atoms with Crippen molar-refractivity contribution in [3.63, 3.8) is 0 Å². The van der Waals surface area contributed by atoms with Gasteiger partial charge < -0.3 is 73.8 Å². The van der Waals surface area contributed by atoms with E-state index in [0.717, 1.165) is 60.7 Å². The Kier molecular flexibility index (Phi) is 20.6. The lowest BCUT2D eigenvalue weighted by Gasteiger charge is -2.34. The molecule has 24 heteroatoms. The first kappa shape index (κ1) is 65.7. The van der Waals surface area contributed by atoms with Gasteiger partial charge in [0.25, 0.3) is 11.8 Å². The first-order valence-corrected chi connectivity index (χ1v) is 31.3. The highest BCUT2D eigenvalue weighted by Crippen LogP contribution is 2.57. The van der Waals surface area contributed by atoms with Gasteiger partial charge in [-0.1, -0.05) is 63.4 Å². The second-order valence-electron chi connectivity index (χ2n) is 24.5. The van der Waals surface area contributed by atoms with Crippen LogP contribution < -0.4 is 49.6 Å². The molecular weight excluding hydrogens is 1180 g/mol. The molecule has 0 bridgehead atoms. The van der Waals surface area contributed by atoms with Crippen molar-refractivity contribution >= 4 is 70.2 Å². The van der Waals surface area contributed by atoms with Crippen molar-refractivity contribution in [2.75, 3.05) is 107 Å². The number of aliphatic hydroxyl groups is 1. The van der Waals surface area contributed by atoms with Gasteiger partial charge in [0.2, 0.25) is 11.8 Å². The summed E-state index contributed by atoms with van der Waals surface area (Å²) in [4.78, 5) is 106. The second kappa shape index (κ2) is 28.9. The van der Waals surface area contributed by atoms with Crippen molar-refractivity contribution in [3.8, 4) is 23.0 Å². The minimum absolute atomic E-state index is 0.0220. The van der Waals surface area contributed by atoms with Crippen molar-refractivity contribution in [1.29, 1.82) is 0 Å². The van der Waals surface area contributed by atoms with Crippen LogP contribution in [0.25, 0.3) is 5.57 Å². The molecule has 10 rings (SSSR count). The highest BCUT2D eigenvalue weighted by molar-refractivity contribution is 6.08. The zero-order chi connectivity index (χ0) is 65.4. The summed E-state index contributed by atoms with van der Waals surface area (Å²) in [5, 5.41) is 20.1. The van der Waals surface area contributed by atoms with E-state index < -0.39 is 54.4 Å². The van der Waals surface area contributed by atoms with Gasteiger partial charge in [0.15, 0.2) is 29.2 Å². The Labute approximate surface area is 535 Å². The van der Waals surface area contributed by atoms with E-state index in [4.69, 9.17) is 33.2 Å². The number of nitrogens with one attached hydrogen (secondary N) is 3. The van der Waals surface area contributed by atoms with E-state index in [-0.39, 0.29) is 97.1 Å². The standard InChI is InChI=1S/C68H83N9O15/c1-9-28-90-65(83)71-59(42(3)4)61(79)69-43(5)60(78)70-47-18-14-44(15-19-47)40-92-67(85)77-53-36-58(56(87-8)34-51(53)63(81)76-41-68(22-23-68)37-54(76)64(77)82)89-31-13-11-12-30-88-57-35-52-50(33-55(57)86-7)62(80)74-38-46(32-49(74)39-75(52)66(84)91-29-10-2)45-16-20-48(21-17-45)73-26-24-72(6)25-27-73/h9-10,14-21,33-36,38,42-43,49,54,59,64,82H,1-2,11-13,22-32,37,39-41H2,3-8H3,(H,69,79)(H,70,78)(H,71,83)/t43-,49-,54-,59-,64?/m0/s1. The van der Waals surface area contributed by atoms with Crippen LogP contribution in [0.2, 0.25) is 0 Å². The lowest BCUT2D eigenvalue weighted by Crippen LogP contribution is -2.53. The molecule has 4 N–H and O–H groups in total. The number of nitrogens with zero attached hydrogens (tertiary/aromatic N) is 6. The number of piperazine rings is 1. The van der Waals surface area contributed by atoms with Gasteiger partial charge in [0.05, 0.1) is 68.6 Å². The van der Waals surface area contributed by atoms with Gasteiger partial charge in [-0.25, -0.2) is 19.3 Å². The van der Waals surface area contributed by atoms with Crippen LogP contribution in [0, 0.1) is 11.3 Å². The molecule has 4 aromatic carbocycles. The highest BCUT2D eigenvalue weighted by Gasteiger charge is 2.58. The molecule has 5 atom stereocenters. The number of carbonyl (C=O) groups excluding carboxylic acids is 7. The highest BCUT2D eigenvalue weighted by atomic mass is 16.6. The van der Waals surface area contributed by atoms with Crippen LogP contribution in [-0.4, -0.2) is 179 Å². The van der Waals surface area contributed by atoms with Gasteiger partial charge in [-0.3, -0.25) is 24.1 Å². The van der Waals surface area contributed by atoms with Crippen molar-refractivity contribution < 1.29 is 71.8 Å². The van der Waals surface area contributed by atoms with Crippen LogP contribution >= 0.6 is 0 Å². The van der Waals surface area contributed by atoms with E-state index in [1.54, 1.807) is 60.0 Å². The molecule has 1 saturated carbocycles. The Hall–Kier alpha value is -9.29. The van der Waals surface area contributed by atoms with Crippen LogP contribution in [-0.2, 0) is 30.4 Å². The topological polar surface area (TPSA) is 260 Å². The first-order valence-electron chi connectivity index (χ1n) is 31.3. The van der Waals surface area contributed by atoms with Crippen molar-refractivity contribution in [3.05, 3.63) is 127 Å². The SMILES string of the molecule is C=CCOC(=O)N[C@H](C(=O)N[C@@H](C)C(=O)Nc1ccc(COC(=O)N2c3cc(OCCCCCOc4cc5c(cc4OC)C(=O)N4C=C(c6ccc(N7CCN(C)CC7)cc6)C[C@H]4CN5C(=O)OCC=C)c(OC)cc3C(=O)N3CC4(CC4)C[C@H]3C2O)cc1)C(C)C. The molecule has 6 aliphatic rings. The third kappa shape index (κ3) is 14.7. The molecule has 1 spiro atoms. The number of unbranched alkanes of at least 4 members (excludes halogenated alkanes) is 2. The fourth-order valence-electron chi connectivity index (χ4n) is 12.3. The summed E-state index contributed by atoms with van der Waals surface area (Å²) in [5.74, 6) is -0.915. The Morgan fingerprint density at radius 3 is 1.98 bits per heavy atom. The van der Waals surface area contributed by atoms with Gasteiger partial charge >= 0.3 is 18.3 Å². The van der Waals surface area contributed by atoms with Gasteiger partial charge in [0.1, 0.15) is 31.9 Å². The van der Waals surface area contributed by atoms with Crippen LogP contribution in [0.4, 0.5) is 37.1 Å².